The van der Waals surface area contributed by atoms with Gasteiger partial charge in [-0.3, -0.25) is 4.79 Å². The molecule has 22 heavy (non-hydrogen) atoms. The van der Waals surface area contributed by atoms with Gasteiger partial charge in [0.25, 0.3) is 5.91 Å². The lowest BCUT2D eigenvalue weighted by atomic mass is 10.1. The summed E-state index contributed by atoms with van der Waals surface area (Å²) in [6, 6.07) is 10.5. The number of amides is 1. The first-order valence-corrected chi connectivity index (χ1v) is 7.51. The van der Waals surface area contributed by atoms with Crippen LogP contribution >= 0.6 is 0 Å². The minimum atomic E-state index is -0.0877. The molecule has 0 unspecified atom stereocenters. The minimum absolute atomic E-state index is 0.0279. The molecule has 1 N–H and O–H groups in total. The summed E-state index contributed by atoms with van der Waals surface area (Å²) in [4.78, 5) is 14.5. The second-order valence-electron chi connectivity index (χ2n) is 5.47. The normalized spacial score (nSPS) is 17.9. The molecule has 0 fully saturated rings. The van der Waals surface area contributed by atoms with Crippen LogP contribution in [0.5, 0.6) is 5.75 Å². The summed E-state index contributed by atoms with van der Waals surface area (Å²) in [6.07, 6.45) is 1.99. The highest BCUT2D eigenvalue weighted by Crippen LogP contribution is 2.19. The van der Waals surface area contributed by atoms with Crippen LogP contribution in [-0.4, -0.2) is 39.7 Å². The predicted molar refractivity (Wildman–Crippen MR) is 82.7 cm³/mol. The van der Waals surface area contributed by atoms with Crippen molar-refractivity contribution < 1.29 is 14.6 Å². The average Bonchev–Trinajstić information content (AvgIpc) is 2.86. The first kappa shape index (κ1) is 14.7. The van der Waals surface area contributed by atoms with Crippen LogP contribution in [0.15, 0.2) is 42.6 Å². The summed E-state index contributed by atoms with van der Waals surface area (Å²) in [6.45, 7) is 4.42. The zero-order valence-corrected chi connectivity index (χ0v) is 12.6. The lowest BCUT2D eigenvalue weighted by Gasteiger charge is -2.24. The number of hydrogen-bond acceptors (Lipinski definition) is 3. The van der Waals surface area contributed by atoms with Gasteiger partial charge in [-0.1, -0.05) is 6.07 Å². The maximum Gasteiger partial charge on any atom is 0.254 e. The quantitative estimate of drug-likeness (QED) is 0.946. The van der Waals surface area contributed by atoms with E-state index in [2.05, 4.69) is 4.57 Å². The fraction of sp³-hybridized carbons (Fsp3) is 0.353. The van der Waals surface area contributed by atoms with Crippen molar-refractivity contribution in [3.63, 3.8) is 0 Å². The van der Waals surface area contributed by atoms with Gasteiger partial charge in [0.1, 0.15) is 5.75 Å². The van der Waals surface area contributed by atoms with Crippen LogP contribution in [-0.2, 0) is 17.8 Å². The molecule has 5 heteroatoms. The van der Waals surface area contributed by atoms with Crippen LogP contribution in [0.3, 0.4) is 0 Å². The van der Waals surface area contributed by atoms with Gasteiger partial charge in [-0.25, -0.2) is 0 Å². The molecule has 0 spiro atoms. The average molecular weight is 300 g/mol. The first-order chi connectivity index (χ1) is 10.7. The highest BCUT2D eigenvalue weighted by molar-refractivity contribution is 5.94. The molecule has 2 aromatic rings. The van der Waals surface area contributed by atoms with E-state index in [9.17, 15) is 9.90 Å². The zero-order valence-electron chi connectivity index (χ0n) is 12.6. The topological polar surface area (TPSA) is 54.7 Å². The molecule has 116 valence electrons. The number of hydrogen-bond donors (Lipinski definition) is 1. The van der Waals surface area contributed by atoms with E-state index < -0.39 is 0 Å². The van der Waals surface area contributed by atoms with Crippen molar-refractivity contribution in [2.45, 2.75) is 26.1 Å². The molecule has 1 aliphatic rings. The Morgan fingerprint density at radius 1 is 1.32 bits per heavy atom. The number of phenols is 1. The highest BCUT2D eigenvalue weighted by atomic mass is 16.5. The Hall–Kier alpha value is -2.27. The number of carbonyl (C=O) groups is 1. The van der Waals surface area contributed by atoms with Gasteiger partial charge in [-0.2, -0.15) is 0 Å². The van der Waals surface area contributed by atoms with Crippen LogP contribution in [0.4, 0.5) is 0 Å². The van der Waals surface area contributed by atoms with E-state index in [-0.39, 0.29) is 17.8 Å². The molecule has 0 aliphatic carbocycles. The number of carbonyl (C=O) groups excluding carboxylic acids is 1. The minimum Gasteiger partial charge on any atom is -0.508 e. The van der Waals surface area contributed by atoms with Crippen molar-refractivity contribution in [2.24, 2.45) is 0 Å². The van der Waals surface area contributed by atoms with Gasteiger partial charge in [0.15, 0.2) is 0 Å². The largest absolute Gasteiger partial charge is 0.508 e. The highest BCUT2D eigenvalue weighted by Gasteiger charge is 2.25. The molecule has 2 heterocycles. The molecule has 1 aromatic heterocycles. The van der Waals surface area contributed by atoms with E-state index >= 15 is 0 Å². The zero-order chi connectivity index (χ0) is 15.5. The fourth-order valence-corrected chi connectivity index (χ4v) is 2.87. The van der Waals surface area contributed by atoms with Crippen molar-refractivity contribution in [3.8, 4) is 5.75 Å². The Morgan fingerprint density at radius 3 is 2.95 bits per heavy atom. The van der Waals surface area contributed by atoms with Crippen molar-refractivity contribution in [1.82, 2.24) is 9.47 Å². The Labute approximate surface area is 129 Å². The molecule has 1 atom stereocenters. The molecule has 0 saturated heterocycles. The Morgan fingerprint density at radius 2 is 2.18 bits per heavy atom. The van der Waals surface area contributed by atoms with E-state index in [0.717, 1.165) is 12.2 Å². The van der Waals surface area contributed by atoms with E-state index in [4.69, 9.17) is 4.74 Å². The van der Waals surface area contributed by atoms with E-state index in [1.54, 1.807) is 23.1 Å². The van der Waals surface area contributed by atoms with Crippen molar-refractivity contribution in [3.05, 3.63) is 53.9 Å². The summed E-state index contributed by atoms with van der Waals surface area (Å²) < 4.78 is 7.90. The standard InChI is InChI=1S/C17H20N2O3/c1-2-22-16-11-18-8-4-6-14(18)10-19(12-16)17(21)13-5-3-7-15(20)9-13/h3-9,16,20H,2,10-12H2,1H3/t16-/m1/s1. The Kier molecular flexibility index (Phi) is 4.15. The van der Waals surface area contributed by atoms with E-state index in [1.165, 1.54) is 6.07 Å². The molecule has 5 nitrogen and oxygen atoms in total. The smallest absolute Gasteiger partial charge is 0.254 e. The number of nitrogens with zero attached hydrogens (tertiary/aromatic N) is 2. The number of phenolic OH excluding ortho intramolecular Hbond substituents is 1. The van der Waals surface area contributed by atoms with Crippen LogP contribution < -0.4 is 0 Å². The van der Waals surface area contributed by atoms with E-state index in [1.807, 2.05) is 25.3 Å². The van der Waals surface area contributed by atoms with E-state index in [0.29, 0.717) is 25.3 Å². The van der Waals surface area contributed by atoms with Crippen LogP contribution in [0, 0.1) is 0 Å². The summed E-state index contributed by atoms with van der Waals surface area (Å²) in [5.74, 6) is 0.0145. The molecule has 1 aromatic carbocycles. The lowest BCUT2D eigenvalue weighted by Crippen LogP contribution is -2.37. The van der Waals surface area contributed by atoms with Crippen LogP contribution in [0.2, 0.25) is 0 Å². The third kappa shape index (κ3) is 2.99. The Balaban J connectivity index is 1.87. The fourth-order valence-electron chi connectivity index (χ4n) is 2.87. The number of aromatic nitrogens is 1. The third-order valence-electron chi connectivity index (χ3n) is 3.88. The molecule has 1 aliphatic heterocycles. The van der Waals surface area contributed by atoms with Crippen molar-refractivity contribution >= 4 is 5.91 Å². The summed E-state index contributed by atoms with van der Waals surface area (Å²) >= 11 is 0. The summed E-state index contributed by atoms with van der Waals surface area (Å²) in [5.41, 5.74) is 1.59. The van der Waals surface area contributed by atoms with Crippen molar-refractivity contribution in [1.29, 1.82) is 0 Å². The van der Waals surface area contributed by atoms with Gasteiger partial charge in [-0.15, -0.1) is 0 Å². The molecule has 0 radical (unpaired) electrons. The van der Waals surface area contributed by atoms with Gasteiger partial charge in [0.05, 0.1) is 19.2 Å². The van der Waals surface area contributed by atoms with Crippen LogP contribution in [0.1, 0.15) is 23.0 Å². The summed E-state index contributed by atoms with van der Waals surface area (Å²) in [7, 11) is 0. The summed E-state index contributed by atoms with van der Waals surface area (Å²) in [5, 5.41) is 9.58. The molecule has 1 amide bonds. The molecular formula is C17H20N2O3. The van der Waals surface area contributed by atoms with Gasteiger partial charge in [-0.05, 0) is 37.3 Å². The maximum absolute atomic E-state index is 12.7. The monoisotopic (exact) mass is 300 g/mol. The number of rotatable bonds is 3. The van der Waals surface area contributed by atoms with Crippen LogP contribution in [0.25, 0.3) is 0 Å². The number of aromatic hydroxyl groups is 1. The number of ether oxygens (including phenoxy) is 1. The van der Waals surface area contributed by atoms with Gasteiger partial charge < -0.3 is 19.3 Å². The number of benzene rings is 1. The predicted octanol–water partition coefficient (Wildman–Crippen LogP) is 2.25. The SMILES string of the molecule is CCO[C@H]1CN(C(=O)c2cccc(O)c2)Cc2cccn2C1. The maximum atomic E-state index is 12.7. The molecular weight excluding hydrogens is 280 g/mol. The number of fused-ring (bicyclic) bond motifs is 1. The third-order valence-corrected chi connectivity index (χ3v) is 3.88. The molecule has 0 saturated carbocycles. The van der Waals surface area contributed by atoms with Crippen molar-refractivity contribution in [2.75, 3.05) is 13.2 Å². The lowest BCUT2D eigenvalue weighted by molar-refractivity contribution is 0.0258. The molecule has 0 bridgehead atoms. The first-order valence-electron chi connectivity index (χ1n) is 7.51. The van der Waals surface area contributed by atoms with Gasteiger partial charge in [0.2, 0.25) is 0 Å². The molecule has 3 rings (SSSR count). The second-order valence-corrected chi connectivity index (χ2v) is 5.47. The second kappa shape index (κ2) is 6.23. The Bertz CT molecular complexity index is 665. The van der Waals surface area contributed by atoms with Gasteiger partial charge in [0, 0.05) is 30.6 Å². The van der Waals surface area contributed by atoms with Gasteiger partial charge >= 0.3 is 0 Å².